The minimum absolute atomic E-state index is 0.00563. The number of aromatic nitrogens is 1. The molecule has 0 aliphatic carbocycles. The fourth-order valence-electron chi connectivity index (χ4n) is 2.82. The van der Waals surface area contributed by atoms with Crippen LogP contribution in [0.1, 0.15) is 23.0 Å². The van der Waals surface area contributed by atoms with E-state index in [9.17, 15) is 14.4 Å². The minimum Gasteiger partial charge on any atom is -0.333 e. The van der Waals surface area contributed by atoms with Gasteiger partial charge in [0.25, 0.3) is 5.91 Å². The Morgan fingerprint density at radius 2 is 1.69 bits per heavy atom. The molecule has 0 atom stereocenters. The molecule has 0 unspecified atom stereocenters. The van der Waals surface area contributed by atoms with Crippen molar-refractivity contribution in [1.82, 2.24) is 9.88 Å². The molecule has 3 amide bonds. The van der Waals surface area contributed by atoms with E-state index in [-0.39, 0.29) is 24.8 Å². The van der Waals surface area contributed by atoms with Crippen LogP contribution in [-0.4, -0.2) is 40.7 Å². The SMILES string of the molecule is CCN(CC(=O)Nc1c(Cl)cccc1Cl)C(=O)Cc1csc(NC(=O)c2ccccc2)n1. The van der Waals surface area contributed by atoms with Gasteiger partial charge in [0.2, 0.25) is 11.8 Å². The lowest BCUT2D eigenvalue weighted by Gasteiger charge is -2.20. The standard InChI is InChI=1S/C22H20Cl2N4O3S/c1-2-28(12-18(29)26-20-16(23)9-6-10-17(20)24)19(30)11-15-13-32-22(25-15)27-21(31)14-7-4-3-5-8-14/h3-10,13H,2,11-12H2,1H3,(H,26,29)(H,25,27,31). The first kappa shape index (κ1) is 23.7. The number of likely N-dealkylation sites (N-methyl/N-ethyl adjacent to an activating group) is 1. The van der Waals surface area contributed by atoms with E-state index in [0.717, 1.165) is 0 Å². The van der Waals surface area contributed by atoms with Crippen molar-refractivity contribution in [2.45, 2.75) is 13.3 Å². The zero-order valence-corrected chi connectivity index (χ0v) is 19.4. The van der Waals surface area contributed by atoms with E-state index >= 15 is 0 Å². The summed E-state index contributed by atoms with van der Waals surface area (Å²) in [6.07, 6.45) is 0.00563. The van der Waals surface area contributed by atoms with Crippen LogP contribution in [0.25, 0.3) is 0 Å². The highest BCUT2D eigenvalue weighted by Gasteiger charge is 2.19. The van der Waals surface area contributed by atoms with Crippen LogP contribution >= 0.6 is 34.5 Å². The summed E-state index contributed by atoms with van der Waals surface area (Å²) in [5, 5.41) is 8.09. The predicted octanol–water partition coefficient (Wildman–Crippen LogP) is 4.73. The molecule has 0 aliphatic heterocycles. The van der Waals surface area contributed by atoms with Crippen LogP contribution < -0.4 is 10.6 Å². The highest BCUT2D eigenvalue weighted by atomic mass is 35.5. The van der Waals surface area contributed by atoms with Crippen LogP contribution in [0.3, 0.4) is 0 Å². The second-order valence-electron chi connectivity index (χ2n) is 6.69. The second-order valence-corrected chi connectivity index (χ2v) is 8.37. The van der Waals surface area contributed by atoms with Crippen LogP contribution in [0.4, 0.5) is 10.8 Å². The van der Waals surface area contributed by atoms with E-state index in [1.807, 2.05) is 6.07 Å². The first-order valence-electron chi connectivity index (χ1n) is 9.69. The van der Waals surface area contributed by atoms with Crippen molar-refractivity contribution in [3.8, 4) is 0 Å². The highest BCUT2D eigenvalue weighted by Crippen LogP contribution is 2.29. The molecule has 32 heavy (non-hydrogen) atoms. The first-order valence-corrected chi connectivity index (χ1v) is 11.3. The fraction of sp³-hybridized carbons (Fsp3) is 0.182. The van der Waals surface area contributed by atoms with Gasteiger partial charge in [-0.1, -0.05) is 47.5 Å². The van der Waals surface area contributed by atoms with Crippen molar-refractivity contribution in [3.63, 3.8) is 0 Å². The van der Waals surface area contributed by atoms with Crippen molar-refractivity contribution in [3.05, 3.63) is 75.2 Å². The number of rotatable bonds is 8. The molecule has 166 valence electrons. The summed E-state index contributed by atoms with van der Waals surface area (Å²) in [6, 6.07) is 13.7. The van der Waals surface area contributed by atoms with Gasteiger partial charge < -0.3 is 10.2 Å². The van der Waals surface area contributed by atoms with Crippen LogP contribution in [0.5, 0.6) is 0 Å². The van der Waals surface area contributed by atoms with Gasteiger partial charge in [-0.05, 0) is 31.2 Å². The molecule has 0 fully saturated rings. The molecule has 0 saturated carbocycles. The molecule has 7 nitrogen and oxygen atoms in total. The number of amides is 3. The average Bonchev–Trinajstić information content (AvgIpc) is 3.21. The summed E-state index contributed by atoms with van der Waals surface area (Å²) in [5.74, 6) is -0.952. The van der Waals surface area contributed by atoms with Crippen molar-refractivity contribution in [1.29, 1.82) is 0 Å². The van der Waals surface area contributed by atoms with E-state index < -0.39 is 5.91 Å². The normalized spacial score (nSPS) is 10.5. The largest absolute Gasteiger partial charge is 0.333 e. The molecule has 0 bridgehead atoms. The van der Waals surface area contributed by atoms with Crippen molar-refractivity contribution >= 4 is 63.1 Å². The van der Waals surface area contributed by atoms with E-state index in [0.29, 0.717) is 38.7 Å². The Morgan fingerprint density at radius 1 is 1.00 bits per heavy atom. The summed E-state index contributed by atoms with van der Waals surface area (Å²) >= 11 is 13.4. The number of hydrogen-bond acceptors (Lipinski definition) is 5. The summed E-state index contributed by atoms with van der Waals surface area (Å²) in [7, 11) is 0. The molecular weight excluding hydrogens is 471 g/mol. The summed E-state index contributed by atoms with van der Waals surface area (Å²) < 4.78 is 0. The quantitative estimate of drug-likeness (QED) is 0.477. The molecular formula is C22H20Cl2N4O3S. The van der Waals surface area contributed by atoms with Gasteiger partial charge in [-0.3, -0.25) is 19.7 Å². The lowest BCUT2D eigenvalue weighted by molar-refractivity contribution is -0.133. The molecule has 0 saturated heterocycles. The number of halogens is 2. The number of anilines is 2. The second kappa shape index (κ2) is 11.1. The van der Waals surface area contributed by atoms with Gasteiger partial charge >= 0.3 is 0 Å². The molecule has 1 heterocycles. The predicted molar refractivity (Wildman–Crippen MR) is 128 cm³/mol. The van der Waals surface area contributed by atoms with Crippen LogP contribution in [0.15, 0.2) is 53.9 Å². The number of nitrogens with zero attached hydrogens (tertiary/aromatic N) is 2. The van der Waals surface area contributed by atoms with E-state index in [1.54, 1.807) is 54.8 Å². The maximum Gasteiger partial charge on any atom is 0.257 e. The van der Waals surface area contributed by atoms with Crippen molar-refractivity contribution < 1.29 is 14.4 Å². The number of benzene rings is 2. The molecule has 3 aromatic rings. The molecule has 1 aromatic heterocycles. The van der Waals surface area contributed by atoms with Gasteiger partial charge in [-0.15, -0.1) is 11.3 Å². The molecule has 2 aromatic carbocycles. The van der Waals surface area contributed by atoms with Crippen LogP contribution in [0, 0.1) is 0 Å². The third-order valence-corrected chi connectivity index (χ3v) is 5.87. The Hall–Kier alpha value is -2.94. The molecule has 0 radical (unpaired) electrons. The van der Waals surface area contributed by atoms with Gasteiger partial charge in [-0.25, -0.2) is 4.98 Å². The first-order chi connectivity index (χ1) is 15.4. The number of carbonyl (C=O) groups excluding carboxylic acids is 3. The topological polar surface area (TPSA) is 91.4 Å². The third kappa shape index (κ3) is 6.29. The molecule has 10 heteroatoms. The Kier molecular flexibility index (Phi) is 8.21. The molecule has 2 N–H and O–H groups in total. The summed E-state index contributed by atoms with van der Waals surface area (Å²) in [6.45, 7) is 1.96. The van der Waals surface area contributed by atoms with Gasteiger partial charge in [0.05, 0.1) is 34.4 Å². The Labute approximate surface area is 199 Å². The maximum atomic E-state index is 12.7. The summed E-state index contributed by atoms with van der Waals surface area (Å²) in [4.78, 5) is 43.1. The number of nitrogens with one attached hydrogen (secondary N) is 2. The van der Waals surface area contributed by atoms with Gasteiger partial charge in [0.15, 0.2) is 5.13 Å². The van der Waals surface area contributed by atoms with E-state index in [2.05, 4.69) is 15.6 Å². The number of thiazole rings is 1. The highest BCUT2D eigenvalue weighted by molar-refractivity contribution is 7.14. The monoisotopic (exact) mass is 490 g/mol. The molecule has 0 aliphatic rings. The number of carbonyl (C=O) groups is 3. The summed E-state index contributed by atoms with van der Waals surface area (Å²) in [5.41, 5.74) is 1.33. The Bertz CT molecular complexity index is 1100. The van der Waals surface area contributed by atoms with E-state index in [1.165, 1.54) is 16.2 Å². The molecule has 3 rings (SSSR count). The third-order valence-electron chi connectivity index (χ3n) is 4.44. The van der Waals surface area contributed by atoms with Gasteiger partial charge in [0.1, 0.15) is 0 Å². The van der Waals surface area contributed by atoms with Crippen molar-refractivity contribution in [2.24, 2.45) is 0 Å². The van der Waals surface area contributed by atoms with Crippen LogP contribution in [-0.2, 0) is 16.0 Å². The van der Waals surface area contributed by atoms with Gasteiger partial charge in [0, 0.05) is 17.5 Å². The smallest absolute Gasteiger partial charge is 0.257 e. The minimum atomic E-state index is -0.413. The Balaban J connectivity index is 1.57. The maximum absolute atomic E-state index is 12.7. The fourth-order valence-corrected chi connectivity index (χ4v) is 4.01. The number of para-hydroxylation sites is 1. The Morgan fingerprint density at radius 3 is 2.34 bits per heavy atom. The van der Waals surface area contributed by atoms with Crippen LogP contribution in [0.2, 0.25) is 10.0 Å². The van der Waals surface area contributed by atoms with Crippen molar-refractivity contribution in [2.75, 3.05) is 23.7 Å². The van der Waals surface area contributed by atoms with Gasteiger partial charge in [-0.2, -0.15) is 0 Å². The average molecular weight is 491 g/mol. The zero-order valence-electron chi connectivity index (χ0n) is 17.1. The lowest BCUT2D eigenvalue weighted by Crippen LogP contribution is -2.38. The lowest BCUT2D eigenvalue weighted by atomic mass is 10.2. The van der Waals surface area contributed by atoms with E-state index in [4.69, 9.17) is 23.2 Å². The number of hydrogen-bond donors (Lipinski definition) is 2. The zero-order chi connectivity index (χ0) is 23.1. The molecule has 0 spiro atoms.